The third kappa shape index (κ3) is 4.60. The van der Waals surface area contributed by atoms with Crippen LogP contribution in [0.2, 0.25) is 0 Å². The van der Waals surface area contributed by atoms with Gasteiger partial charge in [-0.25, -0.2) is 0 Å². The van der Waals surface area contributed by atoms with E-state index in [4.69, 9.17) is 14.3 Å². The molecule has 4 aromatic rings. The van der Waals surface area contributed by atoms with Gasteiger partial charge in [0.15, 0.2) is 5.82 Å². The molecule has 5 rings (SSSR count). The number of aromatic nitrogens is 3. The van der Waals surface area contributed by atoms with E-state index in [0.29, 0.717) is 16.7 Å². The lowest BCUT2D eigenvalue weighted by atomic mass is 10.1. The normalized spacial score (nSPS) is 14.0. The van der Waals surface area contributed by atoms with Gasteiger partial charge in [0.1, 0.15) is 23.0 Å². The summed E-state index contributed by atoms with van der Waals surface area (Å²) in [5.74, 6) is 2.82. The lowest BCUT2D eigenvalue weighted by molar-refractivity contribution is -0.384. The van der Waals surface area contributed by atoms with E-state index in [2.05, 4.69) is 17.1 Å². The largest absolute Gasteiger partial charge is 0.497 e. The molecule has 9 nitrogen and oxygen atoms in total. The molecular formula is C25H21N5O4S. The fourth-order valence-electron chi connectivity index (χ4n) is 3.64. The number of ether oxygens (including phenoxy) is 1. The predicted molar refractivity (Wildman–Crippen MR) is 134 cm³/mol. The summed E-state index contributed by atoms with van der Waals surface area (Å²) >= 11 is 1.48. The minimum atomic E-state index is -0.424. The van der Waals surface area contributed by atoms with Crippen LogP contribution in [0.1, 0.15) is 30.5 Å². The number of aryl methyl sites for hydroxylation is 1. The summed E-state index contributed by atoms with van der Waals surface area (Å²) in [6.07, 6.45) is 3.64. The van der Waals surface area contributed by atoms with Crippen molar-refractivity contribution in [3.05, 3.63) is 92.8 Å². The van der Waals surface area contributed by atoms with Crippen molar-refractivity contribution in [1.29, 1.82) is 0 Å². The zero-order valence-corrected chi connectivity index (χ0v) is 19.9. The number of hydrogen-bond donors (Lipinski definition) is 0. The summed E-state index contributed by atoms with van der Waals surface area (Å²) in [6.45, 7) is 2.09. The van der Waals surface area contributed by atoms with Crippen molar-refractivity contribution in [1.82, 2.24) is 14.9 Å². The van der Waals surface area contributed by atoms with Gasteiger partial charge in [-0.2, -0.15) is 9.78 Å². The van der Waals surface area contributed by atoms with E-state index < -0.39 is 4.92 Å². The average molecular weight is 488 g/mol. The Kier molecular flexibility index (Phi) is 6.19. The van der Waals surface area contributed by atoms with Gasteiger partial charge in [0.2, 0.25) is 5.16 Å². The van der Waals surface area contributed by atoms with Gasteiger partial charge in [-0.1, -0.05) is 6.92 Å². The van der Waals surface area contributed by atoms with Crippen molar-refractivity contribution in [2.45, 2.75) is 24.9 Å². The third-order valence-corrected chi connectivity index (χ3v) is 6.38. The molecule has 176 valence electrons. The molecular weight excluding hydrogens is 466 g/mol. The van der Waals surface area contributed by atoms with Gasteiger partial charge in [-0.05, 0) is 72.8 Å². The first-order valence-corrected chi connectivity index (χ1v) is 11.8. The number of fused-ring (bicyclic) bond motifs is 1. The van der Waals surface area contributed by atoms with Crippen LogP contribution in [0.15, 0.2) is 80.2 Å². The fourth-order valence-corrected chi connectivity index (χ4v) is 4.59. The van der Waals surface area contributed by atoms with Crippen LogP contribution in [0, 0.1) is 10.1 Å². The number of non-ortho nitro benzene ring substituents is 1. The maximum atomic E-state index is 10.9. The Morgan fingerprint density at radius 1 is 1.06 bits per heavy atom. The second kappa shape index (κ2) is 9.59. The zero-order chi connectivity index (χ0) is 24.4. The Morgan fingerprint density at radius 2 is 1.80 bits per heavy atom. The SMILES string of the molecule is CCCc1nnc2n1N=C(c1ccc(OC)cc1)/C(=C/c1ccc(-c3ccc([N+](=O)[O-])cc3)o1)S2. The summed E-state index contributed by atoms with van der Waals surface area (Å²) in [7, 11) is 1.63. The minimum Gasteiger partial charge on any atom is -0.497 e. The number of thioether (sulfide) groups is 1. The second-order valence-electron chi connectivity index (χ2n) is 7.75. The highest BCUT2D eigenvalue weighted by molar-refractivity contribution is 8.04. The van der Waals surface area contributed by atoms with Gasteiger partial charge in [0.05, 0.1) is 12.0 Å². The van der Waals surface area contributed by atoms with E-state index in [0.717, 1.165) is 46.2 Å². The van der Waals surface area contributed by atoms with Crippen LogP contribution >= 0.6 is 11.8 Å². The summed E-state index contributed by atoms with van der Waals surface area (Å²) in [5, 5.41) is 25.1. The van der Waals surface area contributed by atoms with E-state index in [1.165, 1.54) is 23.9 Å². The van der Waals surface area contributed by atoms with Crippen molar-refractivity contribution in [3.63, 3.8) is 0 Å². The van der Waals surface area contributed by atoms with Crippen LogP contribution in [0.5, 0.6) is 5.75 Å². The molecule has 0 fully saturated rings. The molecule has 0 amide bonds. The predicted octanol–water partition coefficient (Wildman–Crippen LogP) is 5.81. The standard InChI is InChI=1S/C25H21N5O4S/c1-3-4-23-26-27-25-29(23)28-24(17-7-11-19(33-2)12-8-17)22(35-25)15-20-13-14-21(34-20)16-5-9-18(10-6-16)30(31)32/h5-15H,3-4H2,1-2H3/b22-15-. The van der Waals surface area contributed by atoms with Gasteiger partial charge >= 0.3 is 0 Å². The van der Waals surface area contributed by atoms with Crippen molar-refractivity contribution >= 4 is 29.2 Å². The molecule has 2 aromatic carbocycles. The van der Waals surface area contributed by atoms with Crippen LogP contribution < -0.4 is 4.74 Å². The molecule has 0 saturated heterocycles. The Morgan fingerprint density at radius 3 is 2.49 bits per heavy atom. The quantitative estimate of drug-likeness (QED) is 0.239. The fraction of sp³-hybridized carbons (Fsp3) is 0.160. The van der Waals surface area contributed by atoms with Crippen LogP contribution in [-0.2, 0) is 6.42 Å². The maximum Gasteiger partial charge on any atom is 0.269 e. The molecule has 2 aromatic heterocycles. The third-order valence-electron chi connectivity index (χ3n) is 5.41. The summed E-state index contributed by atoms with van der Waals surface area (Å²) < 4.78 is 13.2. The minimum absolute atomic E-state index is 0.0353. The molecule has 3 heterocycles. The van der Waals surface area contributed by atoms with Crippen LogP contribution in [-0.4, -0.2) is 32.6 Å². The Balaban J connectivity index is 1.52. The number of benzene rings is 2. The van der Waals surface area contributed by atoms with Crippen LogP contribution in [0.25, 0.3) is 17.4 Å². The number of rotatable bonds is 7. The van der Waals surface area contributed by atoms with Gasteiger partial charge < -0.3 is 9.15 Å². The van der Waals surface area contributed by atoms with Crippen LogP contribution in [0.3, 0.4) is 0 Å². The number of nitrogens with zero attached hydrogens (tertiary/aromatic N) is 5. The summed E-state index contributed by atoms with van der Waals surface area (Å²) in [4.78, 5) is 11.4. The Hall–Kier alpha value is -4.18. The average Bonchev–Trinajstić information content (AvgIpc) is 3.51. The van der Waals surface area contributed by atoms with Gasteiger partial charge in [0, 0.05) is 34.6 Å². The Labute approximate surface area is 205 Å². The molecule has 10 heteroatoms. The molecule has 0 radical (unpaired) electrons. The number of allylic oxidation sites excluding steroid dienone is 1. The van der Waals surface area contributed by atoms with Crippen molar-refractivity contribution in [2.24, 2.45) is 5.10 Å². The first kappa shape index (κ1) is 22.6. The summed E-state index contributed by atoms with van der Waals surface area (Å²) in [5.41, 5.74) is 2.49. The second-order valence-corrected chi connectivity index (χ2v) is 8.76. The Bertz CT molecular complexity index is 1440. The molecule has 1 aliphatic heterocycles. The maximum absolute atomic E-state index is 10.9. The highest BCUT2D eigenvalue weighted by Crippen LogP contribution is 2.36. The molecule has 1 aliphatic rings. The first-order valence-electron chi connectivity index (χ1n) is 11.0. The van der Waals surface area contributed by atoms with E-state index >= 15 is 0 Å². The van der Waals surface area contributed by atoms with Crippen molar-refractivity contribution in [3.8, 4) is 17.1 Å². The molecule has 0 bridgehead atoms. The molecule has 0 atom stereocenters. The zero-order valence-electron chi connectivity index (χ0n) is 19.0. The van der Waals surface area contributed by atoms with E-state index in [-0.39, 0.29) is 5.69 Å². The number of hydrogen-bond acceptors (Lipinski definition) is 8. The first-order chi connectivity index (χ1) is 17.1. The lowest BCUT2D eigenvalue weighted by Gasteiger charge is -2.17. The topological polar surface area (TPSA) is 109 Å². The molecule has 0 N–H and O–H groups in total. The van der Waals surface area contributed by atoms with Gasteiger partial charge in [-0.3, -0.25) is 10.1 Å². The highest BCUT2D eigenvalue weighted by Gasteiger charge is 2.24. The van der Waals surface area contributed by atoms with Crippen molar-refractivity contribution in [2.75, 3.05) is 7.11 Å². The highest BCUT2D eigenvalue weighted by atomic mass is 32.2. The molecule has 0 unspecified atom stereocenters. The van der Waals surface area contributed by atoms with E-state index in [9.17, 15) is 10.1 Å². The van der Waals surface area contributed by atoms with E-state index in [1.807, 2.05) is 42.5 Å². The molecule has 0 saturated carbocycles. The number of nitro groups is 1. The number of methoxy groups -OCH3 is 1. The molecule has 0 spiro atoms. The monoisotopic (exact) mass is 487 g/mol. The summed E-state index contributed by atoms with van der Waals surface area (Å²) in [6, 6.07) is 17.7. The van der Waals surface area contributed by atoms with Gasteiger partial charge in [-0.15, -0.1) is 10.2 Å². The smallest absolute Gasteiger partial charge is 0.269 e. The lowest BCUT2D eigenvalue weighted by Crippen LogP contribution is -2.13. The number of nitro benzene ring substituents is 1. The van der Waals surface area contributed by atoms with Crippen molar-refractivity contribution < 1.29 is 14.1 Å². The molecule has 35 heavy (non-hydrogen) atoms. The number of furan rings is 1. The van der Waals surface area contributed by atoms with E-state index in [1.54, 1.807) is 23.9 Å². The van der Waals surface area contributed by atoms with Gasteiger partial charge in [0.25, 0.3) is 5.69 Å². The molecule has 0 aliphatic carbocycles. The van der Waals surface area contributed by atoms with Crippen LogP contribution in [0.4, 0.5) is 5.69 Å².